The number of benzene rings is 2. The number of hydrogen-bond donors (Lipinski definition) is 1. The van der Waals surface area contributed by atoms with Crippen LogP contribution in [0.25, 0.3) is 10.9 Å². The lowest BCUT2D eigenvalue weighted by atomic mass is 9.75. The van der Waals surface area contributed by atoms with Gasteiger partial charge in [0.2, 0.25) is 0 Å². The van der Waals surface area contributed by atoms with Crippen LogP contribution in [0.5, 0.6) is 0 Å². The van der Waals surface area contributed by atoms with Crippen LogP contribution in [-0.4, -0.2) is 41.1 Å². The predicted octanol–water partition coefficient (Wildman–Crippen LogP) is 5.23. The van der Waals surface area contributed by atoms with Crippen molar-refractivity contribution in [2.75, 3.05) is 6.54 Å². The molecule has 6 nitrogen and oxygen atoms in total. The molecule has 1 aromatic heterocycles. The van der Waals surface area contributed by atoms with Crippen LogP contribution < -0.4 is 0 Å². The highest BCUT2D eigenvalue weighted by molar-refractivity contribution is 7.90. The van der Waals surface area contributed by atoms with E-state index in [4.69, 9.17) is 0 Å². The Morgan fingerprint density at radius 2 is 1.81 bits per heavy atom. The van der Waals surface area contributed by atoms with E-state index in [2.05, 4.69) is 26.8 Å². The Bertz CT molecular complexity index is 1230. The smallest absolute Gasteiger partial charge is 0.407 e. The number of fused-ring (bicyclic) bond motifs is 1. The molecule has 2 heterocycles. The van der Waals surface area contributed by atoms with Crippen molar-refractivity contribution >= 4 is 27.0 Å². The van der Waals surface area contributed by atoms with E-state index in [1.807, 2.05) is 18.2 Å². The van der Waals surface area contributed by atoms with E-state index in [1.54, 1.807) is 41.4 Å². The molecule has 0 radical (unpaired) electrons. The van der Waals surface area contributed by atoms with Crippen LogP contribution in [0.3, 0.4) is 0 Å². The lowest BCUT2D eigenvalue weighted by Crippen LogP contribution is -2.51. The molecule has 32 heavy (non-hydrogen) atoms. The van der Waals surface area contributed by atoms with Crippen molar-refractivity contribution in [3.8, 4) is 0 Å². The molecule has 0 saturated carbocycles. The van der Waals surface area contributed by atoms with Gasteiger partial charge in [0.15, 0.2) is 0 Å². The van der Waals surface area contributed by atoms with E-state index < -0.39 is 16.1 Å². The highest BCUT2D eigenvalue weighted by Crippen LogP contribution is 2.36. The third-order valence-corrected chi connectivity index (χ3v) is 8.20. The maximum atomic E-state index is 13.0. The van der Waals surface area contributed by atoms with E-state index in [1.165, 1.54) is 3.97 Å². The Labute approximate surface area is 189 Å². The zero-order valence-corrected chi connectivity index (χ0v) is 19.5. The fraction of sp³-hybridized carbons (Fsp3) is 0.400. The van der Waals surface area contributed by atoms with Crippen LogP contribution in [0.1, 0.15) is 39.2 Å². The molecule has 1 aliphatic rings. The van der Waals surface area contributed by atoms with Crippen LogP contribution >= 0.6 is 0 Å². The van der Waals surface area contributed by atoms with E-state index in [9.17, 15) is 18.3 Å². The molecule has 0 bridgehead atoms. The summed E-state index contributed by atoms with van der Waals surface area (Å²) in [6, 6.07) is 16.2. The molecule has 0 spiro atoms. The largest absolute Gasteiger partial charge is 0.465 e. The fourth-order valence-corrected chi connectivity index (χ4v) is 6.19. The van der Waals surface area contributed by atoms with Gasteiger partial charge in [0.25, 0.3) is 10.0 Å². The summed E-state index contributed by atoms with van der Waals surface area (Å²) < 4.78 is 27.4. The number of carboxylic acid groups (broad SMARTS) is 1. The third kappa shape index (κ3) is 4.26. The van der Waals surface area contributed by atoms with Crippen LogP contribution in [-0.2, 0) is 16.4 Å². The average Bonchev–Trinajstić information content (AvgIpc) is 3.17. The van der Waals surface area contributed by atoms with Crippen LogP contribution in [0, 0.1) is 11.3 Å². The van der Waals surface area contributed by atoms with Gasteiger partial charge in [-0.1, -0.05) is 45.0 Å². The molecule has 2 atom stereocenters. The van der Waals surface area contributed by atoms with Crippen LogP contribution in [0.4, 0.5) is 4.79 Å². The summed E-state index contributed by atoms with van der Waals surface area (Å²) >= 11 is 0. The van der Waals surface area contributed by atoms with Gasteiger partial charge in [0.05, 0.1) is 10.4 Å². The van der Waals surface area contributed by atoms with E-state index in [0.29, 0.717) is 18.0 Å². The first-order valence-electron chi connectivity index (χ1n) is 11.0. The molecular formula is C25H30N2O4S. The standard InChI is InChI=1S/C25H30N2O4S/c1-25(2,3)23-17-19(11-13-26(23)24(28)29)15-18-9-10-22-20(16-18)12-14-27(22)32(30,31)21-7-5-4-6-8-21/h4-10,12,14,16,19,23H,11,13,15,17H2,1-3H3,(H,28,29). The zero-order chi connectivity index (χ0) is 23.1. The van der Waals surface area contributed by atoms with E-state index in [-0.39, 0.29) is 16.4 Å². The first-order chi connectivity index (χ1) is 15.1. The molecule has 0 aliphatic carbocycles. The Morgan fingerprint density at radius 3 is 2.47 bits per heavy atom. The highest BCUT2D eigenvalue weighted by atomic mass is 32.2. The molecule has 4 rings (SSSR count). The Morgan fingerprint density at radius 1 is 1.09 bits per heavy atom. The number of nitrogens with zero attached hydrogens (tertiary/aromatic N) is 2. The molecule has 170 valence electrons. The molecule has 1 amide bonds. The summed E-state index contributed by atoms with van der Waals surface area (Å²) in [5.74, 6) is 0.391. The van der Waals surface area contributed by atoms with Crippen molar-refractivity contribution in [2.45, 2.75) is 51.0 Å². The minimum Gasteiger partial charge on any atom is -0.465 e. The van der Waals surface area contributed by atoms with Gasteiger partial charge in [0, 0.05) is 24.2 Å². The molecule has 2 aromatic carbocycles. The van der Waals surface area contributed by atoms with Crippen molar-refractivity contribution in [1.29, 1.82) is 0 Å². The fourth-order valence-electron chi connectivity index (χ4n) is 4.82. The molecule has 1 fully saturated rings. The van der Waals surface area contributed by atoms with Gasteiger partial charge in [-0.25, -0.2) is 17.2 Å². The topological polar surface area (TPSA) is 79.6 Å². The molecule has 7 heteroatoms. The quantitative estimate of drug-likeness (QED) is 0.586. The van der Waals surface area contributed by atoms with Gasteiger partial charge in [-0.05, 0) is 66.5 Å². The SMILES string of the molecule is CC(C)(C)C1CC(Cc2ccc3c(ccn3S(=O)(=O)c3ccccc3)c2)CCN1C(=O)O. The second kappa shape index (κ2) is 8.28. The number of rotatable bonds is 4. The van der Waals surface area contributed by atoms with Crippen molar-refractivity contribution in [3.05, 3.63) is 66.4 Å². The van der Waals surface area contributed by atoms with Crippen LogP contribution in [0.15, 0.2) is 65.7 Å². The molecule has 1 aliphatic heterocycles. The minimum absolute atomic E-state index is 0.0143. The Balaban J connectivity index is 1.57. The molecular weight excluding hydrogens is 424 g/mol. The van der Waals surface area contributed by atoms with E-state index in [0.717, 1.165) is 30.2 Å². The Kier molecular flexibility index (Phi) is 5.79. The number of aromatic nitrogens is 1. The summed E-state index contributed by atoms with van der Waals surface area (Å²) in [5.41, 5.74) is 1.68. The summed E-state index contributed by atoms with van der Waals surface area (Å²) in [6.07, 6.45) is 3.29. The molecule has 1 saturated heterocycles. The first kappa shape index (κ1) is 22.4. The van der Waals surface area contributed by atoms with Gasteiger partial charge in [-0.15, -0.1) is 0 Å². The second-order valence-electron chi connectivity index (χ2n) is 9.78. The first-order valence-corrected chi connectivity index (χ1v) is 12.4. The van der Waals surface area contributed by atoms with Crippen molar-refractivity contribution in [1.82, 2.24) is 8.87 Å². The monoisotopic (exact) mass is 454 g/mol. The molecule has 3 aromatic rings. The number of amides is 1. The summed E-state index contributed by atoms with van der Waals surface area (Å²) in [5, 5.41) is 10.5. The van der Waals surface area contributed by atoms with Crippen LogP contribution in [0.2, 0.25) is 0 Å². The van der Waals surface area contributed by atoms with Crippen molar-refractivity contribution in [2.24, 2.45) is 11.3 Å². The van der Waals surface area contributed by atoms with Gasteiger partial charge in [-0.3, -0.25) is 0 Å². The van der Waals surface area contributed by atoms with Gasteiger partial charge < -0.3 is 10.0 Å². The van der Waals surface area contributed by atoms with Crippen molar-refractivity contribution < 1.29 is 18.3 Å². The maximum absolute atomic E-state index is 13.0. The number of hydrogen-bond acceptors (Lipinski definition) is 3. The van der Waals surface area contributed by atoms with Gasteiger partial charge in [0.1, 0.15) is 0 Å². The second-order valence-corrected chi connectivity index (χ2v) is 11.6. The number of carbonyl (C=O) groups is 1. The average molecular weight is 455 g/mol. The third-order valence-electron chi connectivity index (χ3n) is 6.50. The summed E-state index contributed by atoms with van der Waals surface area (Å²) in [4.78, 5) is 13.5. The molecule has 2 unspecified atom stereocenters. The number of likely N-dealkylation sites (tertiary alicyclic amines) is 1. The molecule has 1 N–H and O–H groups in total. The van der Waals surface area contributed by atoms with Gasteiger partial charge in [-0.2, -0.15) is 0 Å². The van der Waals surface area contributed by atoms with Crippen molar-refractivity contribution in [3.63, 3.8) is 0 Å². The summed E-state index contributed by atoms with van der Waals surface area (Å²) in [7, 11) is -3.64. The lowest BCUT2D eigenvalue weighted by Gasteiger charge is -2.44. The van der Waals surface area contributed by atoms with Gasteiger partial charge >= 0.3 is 6.09 Å². The number of piperidine rings is 1. The zero-order valence-electron chi connectivity index (χ0n) is 18.7. The normalized spacial score (nSPS) is 19.9. The maximum Gasteiger partial charge on any atom is 0.407 e. The summed E-state index contributed by atoms with van der Waals surface area (Å²) in [6.45, 7) is 6.84. The van der Waals surface area contributed by atoms with E-state index >= 15 is 0 Å². The highest BCUT2D eigenvalue weighted by Gasteiger charge is 2.38. The lowest BCUT2D eigenvalue weighted by molar-refractivity contribution is 0.0407. The predicted molar refractivity (Wildman–Crippen MR) is 125 cm³/mol. The Hall–Kier alpha value is -2.80. The minimum atomic E-state index is -3.64.